The van der Waals surface area contributed by atoms with E-state index in [4.69, 9.17) is 10.5 Å². The molecule has 0 heterocycles. The molecule has 0 spiro atoms. The van der Waals surface area contributed by atoms with Gasteiger partial charge < -0.3 is 10.5 Å². The van der Waals surface area contributed by atoms with Crippen molar-refractivity contribution < 1.29 is 4.74 Å². The first-order valence-corrected chi connectivity index (χ1v) is 6.74. The van der Waals surface area contributed by atoms with E-state index in [1.807, 2.05) is 30.3 Å². The van der Waals surface area contributed by atoms with Crippen LogP contribution in [0.2, 0.25) is 0 Å². The smallest absolute Gasteiger partial charge is 0.119 e. The molecular weight excluding hydrogens is 234 g/mol. The van der Waals surface area contributed by atoms with Crippen LogP contribution in [0.15, 0.2) is 54.6 Å². The van der Waals surface area contributed by atoms with Gasteiger partial charge in [0.05, 0.1) is 6.61 Å². The summed E-state index contributed by atoms with van der Waals surface area (Å²) >= 11 is 0. The fourth-order valence-corrected chi connectivity index (χ4v) is 2.28. The van der Waals surface area contributed by atoms with Crippen molar-refractivity contribution in [3.05, 3.63) is 65.7 Å². The molecule has 0 saturated carbocycles. The maximum atomic E-state index is 5.90. The molecule has 1 unspecified atom stereocenters. The number of para-hydroxylation sites is 1. The minimum Gasteiger partial charge on any atom is -0.494 e. The highest BCUT2D eigenvalue weighted by Gasteiger charge is 2.11. The van der Waals surface area contributed by atoms with Crippen LogP contribution in [-0.2, 0) is 0 Å². The molecule has 2 rings (SSSR count). The van der Waals surface area contributed by atoms with Gasteiger partial charge >= 0.3 is 0 Å². The van der Waals surface area contributed by atoms with Crippen LogP contribution in [0.4, 0.5) is 0 Å². The normalized spacial score (nSPS) is 12.1. The summed E-state index contributed by atoms with van der Waals surface area (Å²) in [7, 11) is 0. The van der Waals surface area contributed by atoms with Crippen molar-refractivity contribution in [2.24, 2.45) is 5.73 Å². The van der Waals surface area contributed by atoms with Gasteiger partial charge in [0, 0.05) is 0 Å². The topological polar surface area (TPSA) is 35.2 Å². The molecule has 2 aromatic carbocycles. The van der Waals surface area contributed by atoms with Gasteiger partial charge in [-0.2, -0.15) is 0 Å². The quantitative estimate of drug-likeness (QED) is 0.857. The van der Waals surface area contributed by atoms with E-state index in [0.29, 0.717) is 19.1 Å². The summed E-state index contributed by atoms with van der Waals surface area (Å²) in [5, 5.41) is 0. The van der Waals surface area contributed by atoms with Crippen LogP contribution in [0.25, 0.3) is 0 Å². The van der Waals surface area contributed by atoms with Crippen LogP contribution in [0, 0.1) is 6.92 Å². The zero-order valence-corrected chi connectivity index (χ0v) is 11.4. The van der Waals surface area contributed by atoms with Crippen molar-refractivity contribution >= 4 is 0 Å². The Balaban J connectivity index is 1.92. The van der Waals surface area contributed by atoms with Crippen LogP contribution in [0.1, 0.15) is 23.5 Å². The SMILES string of the molecule is Cc1ccccc1C(CN)CCOc1ccccc1. The second-order valence-electron chi connectivity index (χ2n) is 4.74. The lowest BCUT2D eigenvalue weighted by molar-refractivity contribution is 0.298. The maximum absolute atomic E-state index is 5.90. The molecule has 0 bridgehead atoms. The first kappa shape index (κ1) is 13.6. The summed E-state index contributed by atoms with van der Waals surface area (Å²) in [6.45, 7) is 3.49. The van der Waals surface area contributed by atoms with E-state index in [1.165, 1.54) is 11.1 Å². The fraction of sp³-hybridized carbons (Fsp3) is 0.294. The number of hydrogen-bond donors (Lipinski definition) is 1. The molecule has 0 aliphatic carbocycles. The Labute approximate surface area is 115 Å². The van der Waals surface area contributed by atoms with Crippen LogP contribution >= 0.6 is 0 Å². The Bertz CT molecular complexity index is 496. The number of nitrogens with two attached hydrogens (primary N) is 1. The molecular formula is C17H21NO. The number of hydrogen-bond acceptors (Lipinski definition) is 2. The van der Waals surface area contributed by atoms with Gasteiger partial charge in [-0.15, -0.1) is 0 Å². The first-order valence-electron chi connectivity index (χ1n) is 6.74. The molecule has 0 aliphatic heterocycles. The van der Waals surface area contributed by atoms with Crippen LogP contribution in [-0.4, -0.2) is 13.2 Å². The third-order valence-electron chi connectivity index (χ3n) is 3.39. The van der Waals surface area contributed by atoms with Crippen molar-refractivity contribution in [3.63, 3.8) is 0 Å². The Morgan fingerprint density at radius 2 is 1.68 bits per heavy atom. The predicted octanol–water partition coefficient (Wildman–Crippen LogP) is 3.51. The lowest BCUT2D eigenvalue weighted by atomic mass is 9.92. The number of ether oxygens (including phenoxy) is 1. The van der Waals surface area contributed by atoms with Crippen LogP contribution in [0.5, 0.6) is 5.75 Å². The Morgan fingerprint density at radius 3 is 2.37 bits per heavy atom. The third-order valence-corrected chi connectivity index (χ3v) is 3.39. The second-order valence-corrected chi connectivity index (χ2v) is 4.74. The molecule has 2 nitrogen and oxygen atoms in total. The zero-order valence-electron chi connectivity index (χ0n) is 11.4. The maximum Gasteiger partial charge on any atom is 0.119 e. The second kappa shape index (κ2) is 6.95. The molecule has 0 fully saturated rings. The van der Waals surface area contributed by atoms with Gasteiger partial charge in [-0.25, -0.2) is 0 Å². The molecule has 2 aromatic rings. The minimum absolute atomic E-state index is 0.366. The van der Waals surface area contributed by atoms with Gasteiger partial charge in [-0.3, -0.25) is 0 Å². The summed E-state index contributed by atoms with van der Waals surface area (Å²) < 4.78 is 5.74. The van der Waals surface area contributed by atoms with Gasteiger partial charge in [0.15, 0.2) is 0 Å². The molecule has 0 saturated heterocycles. The van der Waals surface area contributed by atoms with Gasteiger partial charge in [0.2, 0.25) is 0 Å². The Hall–Kier alpha value is -1.80. The predicted molar refractivity (Wildman–Crippen MR) is 79.5 cm³/mol. The van der Waals surface area contributed by atoms with Crippen molar-refractivity contribution in [2.45, 2.75) is 19.3 Å². The highest BCUT2D eigenvalue weighted by Crippen LogP contribution is 2.22. The summed E-state index contributed by atoms with van der Waals surface area (Å²) in [5.41, 5.74) is 8.54. The van der Waals surface area contributed by atoms with Crippen molar-refractivity contribution in [3.8, 4) is 5.75 Å². The van der Waals surface area contributed by atoms with Crippen molar-refractivity contribution in [1.82, 2.24) is 0 Å². The van der Waals surface area contributed by atoms with Gasteiger partial charge in [0.25, 0.3) is 0 Å². The van der Waals surface area contributed by atoms with Crippen molar-refractivity contribution in [2.75, 3.05) is 13.2 Å². The largest absolute Gasteiger partial charge is 0.494 e. The fourth-order valence-electron chi connectivity index (χ4n) is 2.28. The standard InChI is InChI=1S/C17H21NO/c1-14-7-5-6-10-17(14)15(13-18)11-12-19-16-8-3-2-4-9-16/h2-10,15H,11-13,18H2,1H3. The molecule has 0 radical (unpaired) electrons. The molecule has 19 heavy (non-hydrogen) atoms. The lowest BCUT2D eigenvalue weighted by Gasteiger charge is -2.17. The summed E-state index contributed by atoms with van der Waals surface area (Å²) in [6, 6.07) is 18.3. The highest BCUT2D eigenvalue weighted by atomic mass is 16.5. The Morgan fingerprint density at radius 1 is 1.00 bits per heavy atom. The first-order chi connectivity index (χ1) is 9.31. The average Bonchev–Trinajstić information content (AvgIpc) is 2.46. The minimum atomic E-state index is 0.366. The number of aryl methyl sites for hydroxylation is 1. The average molecular weight is 255 g/mol. The van der Waals surface area contributed by atoms with Gasteiger partial charge in [0.1, 0.15) is 5.75 Å². The molecule has 100 valence electrons. The zero-order chi connectivity index (χ0) is 13.5. The molecule has 2 N–H and O–H groups in total. The Kier molecular flexibility index (Phi) is 4.99. The third kappa shape index (κ3) is 3.83. The van der Waals surface area contributed by atoms with E-state index in [-0.39, 0.29) is 0 Å². The summed E-state index contributed by atoms with van der Waals surface area (Å²) in [6.07, 6.45) is 0.941. The molecule has 0 amide bonds. The number of rotatable bonds is 6. The molecule has 0 aliphatic rings. The van der Waals surface area contributed by atoms with Gasteiger partial charge in [-0.05, 0) is 49.1 Å². The van der Waals surface area contributed by atoms with E-state index in [0.717, 1.165) is 12.2 Å². The van der Waals surface area contributed by atoms with Gasteiger partial charge in [-0.1, -0.05) is 42.5 Å². The van der Waals surface area contributed by atoms with E-state index >= 15 is 0 Å². The van der Waals surface area contributed by atoms with E-state index < -0.39 is 0 Å². The van der Waals surface area contributed by atoms with E-state index in [9.17, 15) is 0 Å². The summed E-state index contributed by atoms with van der Waals surface area (Å²) in [5.74, 6) is 1.29. The monoisotopic (exact) mass is 255 g/mol. The summed E-state index contributed by atoms with van der Waals surface area (Å²) in [4.78, 5) is 0. The molecule has 0 aromatic heterocycles. The number of benzene rings is 2. The highest BCUT2D eigenvalue weighted by molar-refractivity contribution is 5.29. The van der Waals surface area contributed by atoms with Crippen LogP contribution < -0.4 is 10.5 Å². The lowest BCUT2D eigenvalue weighted by Crippen LogP contribution is -2.16. The molecule has 1 atom stereocenters. The van der Waals surface area contributed by atoms with E-state index in [1.54, 1.807) is 0 Å². The van der Waals surface area contributed by atoms with E-state index in [2.05, 4.69) is 31.2 Å². The van der Waals surface area contributed by atoms with Crippen molar-refractivity contribution in [1.29, 1.82) is 0 Å². The van der Waals surface area contributed by atoms with Crippen LogP contribution in [0.3, 0.4) is 0 Å². The molecule has 2 heteroatoms.